The first-order chi connectivity index (χ1) is 7.94. The third-order valence-corrected chi connectivity index (χ3v) is 3.28. The van der Waals surface area contributed by atoms with Crippen molar-refractivity contribution in [2.24, 2.45) is 5.41 Å². The number of ketones is 1. The van der Waals surface area contributed by atoms with Crippen LogP contribution in [-0.4, -0.2) is 15.8 Å². The largest absolute Gasteiger partial charge is 0.323 e. The molecule has 1 aromatic heterocycles. The van der Waals surface area contributed by atoms with E-state index >= 15 is 0 Å². The maximum atomic E-state index is 12.2. The van der Waals surface area contributed by atoms with Crippen LogP contribution in [0.25, 0.3) is 11.0 Å². The fraction of sp³-hybridized carbons (Fsp3) is 0.385. The Balaban J connectivity index is 2.49. The van der Waals surface area contributed by atoms with E-state index in [0.29, 0.717) is 11.1 Å². The summed E-state index contributed by atoms with van der Waals surface area (Å²) in [5.41, 5.74) is 1.41. The van der Waals surface area contributed by atoms with Crippen molar-refractivity contribution in [3.05, 3.63) is 34.2 Å². The Bertz CT molecular complexity index is 620. The number of hydrogen-bond donors (Lipinski definition) is 2. The summed E-state index contributed by atoms with van der Waals surface area (Å²) < 4.78 is 0. The zero-order valence-corrected chi connectivity index (χ0v) is 10.3. The van der Waals surface area contributed by atoms with E-state index < -0.39 is 0 Å². The highest BCUT2D eigenvalue weighted by Crippen LogP contribution is 2.26. The number of carbonyl (C=O) groups excluding carboxylic acids is 1. The highest BCUT2D eigenvalue weighted by Gasteiger charge is 2.26. The number of imidazole rings is 1. The lowest BCUT2D eigenvalue weighted by Gasteiger charge is -2.20. The van der Waals surface area contributed by atoms with Crippen LogP contribution in [0.2, 0.25) is 0 Å². The fourth-order valence-electron chi connectivity index (χ4n) is 1.73. The molecule has 90 valence electrons. The van der Waals surface area contributed by atoms with Crippen LogP contribution >= 0.6 is 0 Å². The van der Waals surface area contributed by atoms with Gasteiger partial charge in [0, 0.05) is 11.0 Å². The number of carbonyl (C=O) groups is 1. The Hall–Kier alpha value is -1.84. The Morgan fingerprint density at radius 2 is 1.88 bits per heavy atom. The van der Waals surface area contributed by atoms with Crippen LogP contribution in [0.4, 0.5) is 0 Å². The molecule has 0 unspecified atom stereocenters. The lowest BCUT2D eigenvalue weighted by atomic mass is 9.82. The summed E-state index contributed by atoms with van der Waals surface area (Å²) in [4.78, 5) is 28.7. The number of nitrogens with one attached hydrogen (secondary N) is 2. The molecule has 0 atom stereocenters. The molecule has 0 bridgehead atoms. The van der Waals surface area contributed by atoms with E-state index in [4.69, 9.17) is 0 Å². The number of rotatable bonds is 3. The second-order valence-electron chi connectivity index (χ2n) is 4.91. The van der Waals surface area contributed by atoms with Crippen LogP contribution in [0.5, 0.6) is 0 Å². The normalized spacial score (nSPS) is 11.9. The minimum atomic E-state index is -0.371. The van der Waals surface area contributed by atoms with Crippen LogP contribution in [-0.2, 0) is 0 Å². The Kier molecular flexibility index (Phi) is 2.65. The highest BCUT2D eigenvalue weighted by atomic mass is 16.1. The van der Waals surface area contributed by atoms with Gasteiger partial charge in [-0.25, -0.2) is 4.79 Å². The summed E-state index contributed by atoms with van der Waals surface area (Å²) in [6, 6.07) is 5.24. The molecule has 17 heavy (non-hydrogen) atoms. The van der Waals surface area contributed by atoms with E-state index in [1.54, 1.807) is 18.2 Å². The predicted octanol–water partition coefficient (Wildman–Crippen LogP) is 2.48. The van der Waals surface area contributed by atoms with Gasteiger partial charge in [0.1, 0.15) is 0 Å². The van der Waals surface area contributed by atoms with E-state index in [9.17, 15) is 9.59 Å². The molecule has 1 heterocycles. The van der Waals surface area contributed by atoms with Crippen molar-refractivity contribution in [3.63, 3.8) is 0 Å². The van der Waals surface area contributed by atoms with Gasteiger partial charge in [-0.15, -0.1) is 0 Å². The molecule has 0 radical (unpaired) electrons. The van der Waals surface area contributed by atoms with Gasteiger partial charge in [0.05, 0.1) is 11.0 Å². The minimum absolute atomic E-state index is 0.101. The maximum absolute atomic E-state index is 12.2. The molecule has 0 aliphatic rings. The van der Waals surface area contributed by atoms with E-state index in [-0.39, 0.29) is 16.9 Å². The topological polar surface area (TPSA) is 65.7 Å². The molecule has 0 amide bonds. The third kappa shape index (κ3) is 2.02. The molecule has 4 heteroatoms. The van der Waals surface area contributed by atoms with Crippen molar-refractivity contribution in [1.82, 2.24) is 9.97 Å². The third-order valence-electron chi connectivity index (χ3n) is 3.28. The summed E-state index contributed by atoms with van der Waals surface area (Å²) in [7, 11) is 0. The van der Waals surface area contributed by atoms with Gasteiger partial charge in [-0.05, 0) is 24.6 Å². The average molecular weight is 232 g/mol. The number of aromatic nitrogens is 2. The molecule has 0 spiro atoms. The first-order valence-electron chi connectivity index (χ1n) is 5.71. The molecule has 4 nitrogen and oxygen atoms in total. The fourth-order valence-corrected chi connectivity index (χ4v) is 1.73. The molecule has 0 aliphatic carbocycles. The summed E-state index contributed by atoms with van der Waals surface area (Å²) in [6.07, 6.45) is 0.785. The van der Waals surface area contributed by atoms with E-state index in [2.05, 4.69) is 9.97 Å². The minimum Gasteiger partial charge on any atom is -0.306 e. The Morgan fingerprint density at radius 3 is 2.53 bits per heavy atom. The molecule has 2 N–H and O–H groups in total. The molecular weight excluding hydrogens is 216 g/mol. The molecule has 0 saturated heterocycles. The molecular formula is C13H16N2O2. The highest BCUT2D eigenvalue weighted by molar-refractivity contribution is 6.02. The van der Waals surface area contributed by atoms with Crippen molar-refractivity contribution < 1.29 is 4.79 Å². The number of Topliss-reactive ketones (excluding diaryl/α,β-unsaturated/α-hetero) is 1. The first-order valence-corrected chi connectivity index (χ1v) is 5.71. The van der Waals surface area contributed by atoms with Crippen LogP contribution < -0.4 is 5.69 Å². The van der Waals surface area contributed by atoms with Crippen molar-refractivity contribution in [1.29, 1.82) is 0 Å². The first kappa shape index (κ1) is 11.6. The molecule has 0 fully saturated rings. The molecule has 1 aromatic carbocycles. The van der Waals surface area contributed by atoms with Gasteiger partial charge >= 0.3 is 5.69 Å². The van der Waals surface area contributed by atoms with Crippen LogP contribution in [0.15, 0.2) is 23.0 Å². The second kappa shape index (κ2) is 3.87. The van der Waals surface area contributed by atoms with Gasteiger partial charge in [0.2, 0.25) is 0 Å². The van der Waals surface area contributed by atoms with Gasteiger partial charge in [-0.3, -0.25) is 4.79 Å². The number of aromatic amines is 2. The summed E-state index contributed by atoms with van der Waals surface area (Å²) >= 11 is 0. The average Bonchev–Trinajstić information content (AvgIpc) is 2.66. The van der Waals surface area contributed by atoms with Crippen molar-refractivity contribution >= 4 is 16.8 Å². The summed E-state index contributed by atoms with van der Waals surface area (Å²) in [5.74, 6) is 0.101. The number of fused-ring (bicyclic) bond motifs is 1. The van der Waals surface area contributed by atoms with Crippen molar-refractivity contribution in [2.45, 2.75) is 27.2 Å². The molecule has 0 saturated carbocycles. The molecule has 2 aromatic rings. The lowest BCUT2D eigenvalue weighted by Crippen LogP contribution is -2.23. The summed E-state index contributed by atoms with van der Waals surface area (Å²) in [5, 5.41) is 0. The maximum Gasteiger partial charge on any atom is 0.323 e. The van der Waals surface area contributed by atoms with Crippen LogP contribution in [0, 0.1) is 5.41 Å². The monoisotopic (exact) mass is 232 g/mol. The molecule has 2 rings (SSSR count). The Labute approximate surface area is 99.1 Å². The SMILES string of the molecule is CCC(C)(C)C(=O)c1ccc2[nH]c(=O)[nH]c2c1. The van der Waals surface area contributed by atoms with Crippen LogP contribution in [0.1, 0.15) is 37.6 Å². The number of benzene rings is 1. The van der Waals surface area contributed by atoms with Gasteiger partial charge in [0.15, 0.2) is 5.78 Å². The van der Waals surface area contributed by atoms with Gasteiger partial charge in [-0.2, -0.15) is 0 Å². The second-order valence-corrected chi connectivity index (χ2v) is 4.91. The number of H-pyrrole nitrogens is 2. The van der Waals surface area contributed by atoms with Gasteiger partial charge < -0.3 is 9.97 Å². The predicted molar refractivity (Wildman–Crippen MR) is 67.3 cm³/mol. The van der Waals surface area contributed by atoms with Crippen molar-refractivity contribution in [3.8, 4) is 0 Å². The van der Waals surface area contributed by atoms with E-state index in [1.165, 1.54) is 0 Å². The molecule has 0 aliphatic heterocycles. The van der Waals surface area contributed by atoms with Gasteiger partial charge in [-0.1, -0.05) is 20.8 Å². The van der Waals surface area contributed by atoms with Crippen molar-refractivity contribution in [2.75, 3.05) is 0 Å². The van der Waals surface area contributed by atoms with E-state index in [1.807, 2.05) is 20.8 Å². The lowest BCUT2D eigenvalue weighted by molar-refractivity contribution is 0.0833. The standard InChI is InChI=1S/C13H16N2O2/c1-4-13(2,3)11(16)8-5-6-9-10(7-8)15-12(17)14-9/h5-7H,4H2,1-3H3,(H2,14,15,17). The van der Waals surface area contributed by atoms with E-state index in [0.717, 1.165) is 11.9 Å². The van der Waals surface area contributed by atoms with Gasteiger partial charge in [0.25, 0.3) is 0 Å². The Morgan fingerprint density at radius 1 is 1.24 bits per heavy atom. The summed E-state index contributed by atoms with van der Waals surface area (Å²) in [6.45, 7) is 5.85. The smallest absolute Gasteiger partial charge is 0.306 e. The zero-order chi connectivity index (χ0) is 12.6. The number of hydrogen-bond acceptors (Lipinski definition) is 2. The quantitative estimate of drug-likeness (QED) is 0.798. The zero-order valence-electron chi connectivity index (χ0n) is 10.3. The van der Waals surface area contributed by atoms with Crippen LogP contribution in [0.3, 0.4) is 0 Å².